The molecule has 0 aliphatic rings. The first-order valence-electron chi connectivity index (χ1n) is 5.71. The molecule has 0 aromatic rings. The first kappa shape index (κ1) is 17.2. The fourth-order valence-electron chi connectivity index (χ4n) is 1.26. The molecule has 2 unspecified atom stereocenters. The molecule has 0 aromatic carbocycles. The Kier molecular flexibility index (Phi) is 5.61. The maximum atomic E-state index is 12.6. The molecule has 0 heterocycles. The highest BCUT2D eigenvalue weighted by Crippen LogP contribution is 2.28. The van der Waals surface area contributed by atoms with E-state index in [2.05, 4.69) is 5.32 Å². The minimum atomic E-state index is -4.77. The highest BCUT2D eigenvalue weighted by Gasteiger charge is 2.54. The van der Waals surface area contributed by atoms with Crippen LogP contribution in [0, 0.1) is 5.92 Å². The van der Waals surface area contributed by atoms with E-state index in [0.717, 1.165) is 0 Å². The maximum absolute atomic E-state index is 12.6. The lowest BCUT2D eigenvalue weighted by molar-refractivity contribution is -0.188. The van der Waals surface area contributed by atoms with Gasteiger partial charge in [-0.1, -0.05) is 13.8 Å². The van der Waals surface area contributed by atoms with Crippen LogP contribution in [-0.2, 0) is 4.79 Å². The Bertz CT molecular complexity index is 288. The molecule has 0 spiro atoms. The average molecular weight is 269 g/mol. The van der Waals surface area contributed by atoms with Crippen molar-refractivity contribution in [2.45, 2.75) is 38.5 Å². The zero-order valence-corrected chi connectivity index (χ0v) is 11.4. The van der Waals surface area contributed by atoms with Gasteiger partial charge in [-0.15, -0.1) is 0 Å². The van der Waals surface area contributed by atoms with Crippen LogP contribution in [0.2, 0.25) is 0 Å². The van der Waals surface area contributed by atoms with Gasteiger partial charge in [0.15, 0.2) is 5.54 Å². The van der Waals surface area contributed by atoms with Crippen molar-refractivity contribution in [3.05, 3.63) is 0 Å². The van der Waals surface area contributed by atoms with Crippen molar-refractivity contribution in [2.24, 2.45) is 11.7 Å². The number of rotatable bonds is 5. The highest BCUT2D eigenvalue weighted by atomic mass is 19.4. The number of halogens is 3. The number of nitrogens with one attached hydrogen (secondary N) is 1. The number of alkyl halides is 3. The Labute approximate surface area is 106 Å². The molecule has 2 atom stereocenters. The second-order valence-corrected chi connectivity index (χ2v) is 5.29. The second-order valence-electron chi connectivity index (χ2n) is 5.29. The van der Waals surface area contributed by atoms with Gasteiger partial charge in [0.25, 0.3) is 0 Å². The molecule has 18 heavy (non-hydrogen) atoms. The van der Waals surface area contributed by atoms with Crippen LogP contribution in [0.25, 0.3) is 0 Å². The molecular weight excluding hydrogens is 247 g/mol. The molecule has 7 heteroatoms. The van der Waals surface area contributed by atoms with Gasteiger partial charge >= 0.3 is 6.18 Å². The second kappa shape index (κ2) is 5.88. The van der Waals surface area contributed by atoms with Crippen LogP contribution >= 0.6 is 0 Å². The van der Waals surface area contributed by atoms with Crippen molar-refractivity contribution in [3.63, 3.8) is 0 Å². The van der Waals surface area contributed by atoms with Crippen molar-refractivity contribution in [3.8, 4) is 0 Å². The molecule has 0 aliphatic carbocycles. The van der Waals surface area contributed by atoms with Gasteiger partial charge in [0, 0.05) is 12.6 Å². The van der Waals surface area contributed by atoms with Crippen molar-refractivity contribution in [2.75, 3.05) is 20.6 Å². The summed E-state index contributed by atoms with van der Waals surface area (Å²) in [5, 5.41) is 2.37. The van der Waals surface area contributed by atoms with E-state index < -0.39 is 17.6 Å². The molecule has 0 aliphatic heterocycles. The topological polar surface area (TPSA) is 58.4 Å². The van der Waals surface area contributed by atoms with Gasteiger partial charge in [-0.25, -0.2) is 0 Å². The number of hydrogen-bond donors (Lipinski definition) is 2. The Balaban J connectivity index is 4.81. The largest absolute Gasteiger partial charge is 0.415 e. The Morgan fingerprint density at radius 1 is 1.33 bits per heavy atom. The number of carbonyl (C=O) groups is 1. The van der Waals surface area contributed by atoms with Crippen LogP contribution in [-0.4, -0.2) is 49.2 Å². The molecule has 3 N–H and O–H groups in total. The van der Waals surface area contributed by atoms with Crippen molar-refractivity contribution >= 4 is 5.91 Å². The summed E-state index contributed by atoms with van der Waals surface area (Å²) in [6.45, 7) is 4.79. The molecule has 0 aromatic heterocycles. The molecule has 0 rings (SSSR count). The molecule has 0 saturated carbocycles. The van der Waals surface area contributed by atoms with Crippen LogP contribution in [0.3, 0.4) is 0 Å². The van der Waals surface area contributed by atoms with E-state index >= 15 is 0 Å². The zero-order valence-electron chi connectivity index (χ0n) is 11.4. The first-order chi connectivity index (χ1) is 7.89. The third kappa shape index (κ3) is 4.45. The summed E-state index contributed by atoms with van der Waals surface area (Å²) < 4.78 is 37.8. The molecule has 0 bridgehead atoms. The maximum Gasteiger partial charge on any atom is 0.415 e. The van der Waals surface area contributed by atoms with E-state index in [1.165, 1.54) is 0 Å². The predicted octanol–water partition coefficient (Wildman–Crippen LogP) is 0.968. The van der Waals surface area contributed by atoms with Crippen LogP contribution < -0.4 is 11.1 Å². The fourth-order valence-corrected chi connectivity index (χ4v) is 1.26. The number of carbonyl (C=O) groups excluding carboxylic acids is 1. The van der Waals surface area contributed by atoms with Crippen LogP contribution in [0.15, 0.2) is 0 Å². The van der Waals surface area contributed by atoms with E-state index in [0.29, 0.717) is 13.5 Å². The van der Waals surface area contributed by atoms with Gasteiger partial charge in [0.1, 0.15) is 0 Å². The quantitative estimate of drug-likeness (QED) is 0.782. The van der Waals surface area contributed by atoms with Crippen molar-refractivity contribution in [1.82, 2.24) is 10.2 Å². The van der Waals surface area contributed by atoms with E-state index in [1.807, 2.05) is 13.8 Å². The standard InChI is InChI=1S/C11H22F3N3O/c1-7(2)8(6-17(4)5)16-9(18)10(3,15)11(12,13)14/h7-8H,6,15H2,1-5H3,(H,16,18). The number of nitrogens with two attached hydrogens (primary N) is 1. The van der Waals surface area contributed by atoms with Crippen LogP contribution in [0.1, 0.15) is 20.8 Å². The highest BCUT2D eigenvalue weighted by molar-refractivity contribution is 5.86. The average Bonchev–Trinajstić information content (AvgIpc) is 2.13. The summed E-state index contributed by atoms with van der Waals surface area (Å²) in [5.41, 5.74) is 2.20. The SMILES string of the molecule is CC(C)C(CN(C)C)NC(=O)C(C)(N)C(F)(F)F. The third-order valence-corrected chi connectivity index (χ3v) is 2.74. The lowest BCUT2D eigenvalue weighted by Gasteiger charge is -2.31. The van der Waals surface area contributed by atoms with E-state index in [4.69, 9.17) is 5.73 Å². The first-order valence-corrected chi connectivity index (χ1v) is 5.71. The molecule has 0 fully saturated rings. The summed E-state index contributed by atoms with van der Waals surface area (Å²) in [6.07, 6.45) is -4.77. The summed E-state index contributed by atoms with van der Waals surface area (Å²) >= 11 is 0. The lowest BCUT2D eigenvalue weighted by Crippen LogP contribution is -2.63. The molecule has 1 amide bonds. The normalized spacial score (nSPS) is 17.7. The van der Waals surface area contributed by atoms with E-state index in [1.54, 1.807) is 19.0 Å². The monoisotopic (exact) mass is 269 g/mol. The van der Waals surface area contributed by atoms with E-state index in [-0.39, 0.29) is 12.0 Å². The number of nitrogens with zero attached hydrogens (tertiary/aromatic N) is 1. The summed E-state index contributed by atoms with van der Waals surface area (Å²) in [6, 6.07) is -0.377. The molecular formula is C11H22F3N3O. The van der Waals surface area contributed by atoms with Gasteiger partial charge < -0.3 is 16.0 Å². The van der Waals surface area contributed by atoms with Gasteiger partial charge in [-0.05, 0) is 26.9 Å². The molecule has 0 saturated heterocycles. The number of amides is 1. The fraction of sp³-hybridized carbons (Fsp3) is 0.909. The van der Waals surface area contributed by atoms with Crippen LogP contribution in [0.5, 0.6) is 0 Å². The van der Waals surface area contributed by atoms with Gasteiger partial charge in [-0.2, -0.15) is 13.2 Å². The Hall–Kier alpha value is -0.820. The Morgan fingerprint density at radius 2 is 1.78 bits per heavy atom. The molecule has 4 nitrogen and oxygen atoms in total. The minimum Gasteiger partial charge on any atom is -0.350 e. The number of likely N-dealkylation sites (N-methyl/N-ethyl adjacent to an activating group) is 1. The smallest absolute Gasteiger partial charge is 0.350 e. The lowest BCUT2D eigenvalue weighted by atomic mass is 9.98. The van der Waals surface area contributed by atoms with Crippen molar-refractivity contribution in [1.29, 1.82) is 0 Å². The van der Waals surface area contributed by atoms with Gasteiger partial charge in [0.05, 0.1) is 0 Å². The van der Waals surface area contributed by atoms with Gasteiger partial charge in [0.2, 0.25) is 5.91 Å². The summed E-state index contributed by atoms with van der Waals surface area (Å²) in [5.74, 6) is -1.18. The Morgan fingerprint density at radius 3 is 2.06 bits per heavy atom. The summed E-state index contributed by atoms with van der Waals surface area (Å²) in [7, 11) is 3.57. The molecule has 0 radical (unpaired) electrons. The predicted molar refractivity (Wildman–Crippen MR) is 64.0 cm³/mol. The van der Waals surface area contributed by atoms with E-state index in [9.17, 15) is 18.0 Å². The number of hydrogen-bond acceptors (Lipinski definition) is 3. The third-order valence-electron chi connectivity index (χ3n) is 2.74. The summed E-state index contributed by atoms with van der Waals surface area (Å²) in [4.78, 5) is 13.4. The van der Waals surface area contributed by atoms with Gasteiger partial charge in [-0.3, -0.25) is 4.79 Å². The van der Waals surface area contributed by atoms with Crippen molar-refractivity contribution < 1.29 is 18.0 Å². The molecule has 108 valence electrons. The van der Waals surface area contributed by atoms with Crippen LogP contribution in [0.4, 0.5) is 13.2 Å². The zero-order chi connectivity index (χ0) is 14.7. The minimum absolute atomic E-state index is 0.0142.